The third kappa shape index (κ3) is 14.3. The molecule has 4 atom stereocenters. The molecule has 15 nitrogen and oxygen atoms in total. The Hall–Kier alpha value is -3.11. The molecule has 0 bridgehead atoms. The lowest BCUT2D eigenvalue weighted by molar-refractivity contribution is -0.142. The number of rotatable bonds is 19. The van der Waals surface area contributed by atoms with Gasteiger partial charge in [-0.3, -0.25) is 24.2 Å². The molecule has 0 heterocycles. The quantitative estimate of drug-likeness (QED) is 0.0334. The van der Waals surface area contributed by atoms with Crippen molar-refractivity contribution in [2.45, 2.75) is 69.1 Å². The first-order valence-electron chi connectivity index (χ1n) is 11.5. The van der Waals surface area contributed by atoms with Gasteiger partial charge in [-0.25, -0.2) is 4.79 Å². The Kier molecular flexibility index (Phi) is 16.6. The fourth-order valence-electron chi connectivity index (χ4n) is 2.98. The third-order valence-corrected chi connectivity index (χ3v) is 5.38. The van der Waals surface area contributed by atoms with Crippen LogP contribution in [0.25, 0.3) is 0 Å². The van der Waals surface area contributed by atoms with Crippen LogP contribution in [-0.4, -0.2) is 83.7 Å². The van der Waals surface area contributed by atoms with Crippen molar-refractivity contribution in [1.29, 1.82) is 0 Å². The van der Waals surface area contributed by atoms with Crippen LogP contribution in [0.5, 0.6) is 0 Å². The van der Waals surface area contributed by atoms with Gasteiger partial charge >= 0.3 is 5.97 Å². The van der Waals surface area contributed by atoms with Crippen molar-refractivity contribution in [2.75, 3.05) is 18.8 Å². The molecule has 16 heteroatoms. The molecule has 0 aliphatic carbocycles. The Labute approximate surface area is 215 Å². The summed E-state index contributed by atoms with van der Waals surface area (Å²) >= 11 is 3.94. The summed E-state index contributed by atoms with van der Waals surface area (Å²) in [5.41, 5.74) is 26.8. The number of amides is 4. The van der Waals surface area contributed by atoms with E-state index in [1.807, 2.05) is 0 Å². The van der Waals surface area contributed by atoms with Crippen LogP contribution in [0, 0.1) is 0 Å². The van der Waals surface area contributed by atoms with E-state index in [0.717, 1.165) is 0 Å². The average molecular weight is 534 g/mol. The van der Waals surface area contributed by atoms with Crippen molar-refractivity contribution in [3.63, 3.8) is 0 Å². The molecular formula is C20H39N9O6S. The molecule has 0 saturated heterocycles. The summed E-state index contributed by atoms with van der Waals surface area (Å²) in [4.78, 5) is 64.7. The minimum absolute atomic E-state index is 0.00650. The monoisotopic (exact) mass is 533 g/mol. The maximum atomic E-state index is 13.0. The number of nitrogens with one attached hydrogen (secondary N) is 3. The molecular weight excluding hydrogens is 494 g/mol. The van der Waals surface area contributed by atoms with E-state index in [1.54, 1.807) is 0 Å². The Bertz CT molecular complexity index is 779. The molecule has 0 rings (SSSR count). The Morgan fingerprint density at radius 2 is 1.33 bits per heavy atom. The van der Waals surface area contributed by atoms with E-state index in [9.17, 15) is 29.1 Å². The summed E-state index contributed by atoms with van der Waals surface area (Å²) in [7, 11) is 0. The molecule has 0 aliphatic rings. The Morgan fingerprint density at radius 3 is 1.83 bits per heavy atom. The van der Waals surface area contributed by atoms with E-state index in [-0.39, 0.29) is 50.4 Å². The third-order valence-electron chi connectivity index (χ3n) is 4.99. The van der Waals surface area contributed by atoms with Crippen LogP contribution < -0.4 is 44.6 Å². The van der Waals surface area contributed by atoms with Crippen LogP contribution >= 0.6 is 12.6 Å². The number of thiol groups is 1. The van der Waals surface area contributed by atoms with Gasteiger partial charge in [0.05, 0.1) is 6.04 Å². The summed E-state index contributed by atoms with van der Waals surface area (Å²) in [6.45, 7) is 0.526. The Balaban J connectivity index is 5.61. The van der Waals surface area contributed by atoms with Crippen LogP contribution in [0.1, 0.15) is 44.9 Å². The zero-order valence-corrected chi connectivity index (χ0v) is 21.0. The Morgan fingerprint density at radius 1 is 0.806 bits per heavy atom. The first-order chi connectivity index (χ1) is 16.9. The second kappa shape index (κ2) is 18.2. The smallest absolute Gasteiger partial charge is 0.326 e. The first kappa shape index (κ1) is 32.9. The summed E-state index contributed by atoms with van der Waals surface area (Å²) in [6.07, 6.45) is 1.14. The van der Waals surface area contributed by atoms with Gasteiger partial charge in [0.15, 0.2) is 5.96 Å². The van der Waals surface area contributed by atoms with Crippen molar-refractivity contribution in [1.82, 2.24) is 16.0 Å². The highest BCUT2D eigenvalue weighted by atomic mass is 32.1. The van der Waals surface area contributed by atoms with Gasteiger partial charge < -0.3 is 49.7 Å². The molecule has 0 aliphatic heterocycles. The van der Waals surface area contributed by atoms with Gasteiger partial charge in [-0.05, 0) is 45.1 Å². The number of aliphatic carboxylic acids is 1. The second-order valence-electron chi connectivity index (χ2n) is 8.05. The van der Waals surface area contributed by atoms with E-state index in [2.05, 4.69) is 33.6 Å². The summed E-state index contributed by atoms with van der Waals surface area (Å²) in [5, 5.41) is 16.8. The zero-order chi connectivity index (χ0) is 27.7. The number of carboxylic acids is 1. The maximum absolute atomic E-state index is 13.0. The van der Waals surface area contributed by atoms with Crippen LogP contribution in [0.15, 0.2) is 4.99 Å². The van der Waals surface area contributed by atoms with E-state index >= 15 is 0 Å². The minimum Gasteiger partial charge on any atom is -0.480 e. The van der Waals surface area contributed by atoms with E-state index in [0.29, 0.717) is 19.4 Å². The first-order valence-corrected chi connectivity index (χ1v) is 12.1. The molecule has 206 valence electrons. The SMILES string of the molecule is NCCCCC(NC(=O)C(CCCN=C(N)N)NC(=O)C(CCC(N)=O)NC(=O)C(N)CS)C(=O)O. The van der Waals surface area contributed by atoms with Crippen LogP contribution in [0.4, 0.5) is 0 Å². The highest BCUT2D eigenvalue weighted by Crippen LogP contribution is 2.06. The number of nitrogens with two attached hydrogens (primary N) is 5. The normalized spacial score (nSPS) is 14.0. The lowest BCUT2D eigenvalue weighted by Gasteiger charge is -2.25. The van der Waals surface area contributed by atoms with Crippen molar-refractivity contribution in [3.05, 3.63) is 0 Å². The number of aliphatic imine (C=N–C) groups is 1. The number of carboxylic acid groups (broad SMARTS) is 1. The number of hydrogen-bond donors (Lipinski definition) is 10. The molecule has 14 N–H and O–H groups in total. The fourth-order valence-corrected chi connectivity index (χ4v) is 3.15. The molecule has 0 fully saturated rings. The fraction of sp³-hybridized carbons (Fsp3) is 0.700. The summed E-state index contributed by atoms with van der Waals surface area (Å²) < 4.78 is 0. The molecule has 0 aromatic rings. The molecule has 0 aromatic carbocycles. The highest BCUT2D eigenvalue weighted by Gasteiger charge is 2.30. The van der Waals surface area contributed by atoms with Crippen molar-refractivity contribution in [3.8, 4) is 0 Å². The van der Waals surface area contributed by atoms with Crippen molar-refractivity contribution < 1.29 is 29.1 Å². The summed E-state index contributed by atoms with van der Waals surface area (Å²) in [6, 6.07) is -4.63. The van der Waals surface area contributed by atoms with Gasteiger partial charge in [0.2, 0.25) is 23.6 Å². The van der Waals surface area contributed by atoms with E-state index < -0.39 is 53.8 Å². The van der Waals surface area contributed by atoms with Crippen LogP contribution in [0.2, 0.25) is 0 Å². The minimum atomic E-state index is -1.24. The lowest BCUT2D eigenvalue weighted by atomic mass is 10.1. The van der Waals surface area contributed by atoms with Gasteiger partial charge in [0.25, 0.3) is 0 Å². The largest absolute Gasteiger partial charge is 0.480 e. The number of carbonyl (C=O) groups is 5. The molecule has 4 unspecified atom stereocenters. The number of unbranched alkanes of at least 4 members (excludes halogenated alkanes) is 1. The van der Waals surface area contributed by atoms with Crippen molar-refractivity contribution >= 4 is 48.2 Å². The summed E-state index contributed by atoms with van der Waals surface area (Å²) in [5.74, 6) is -4.30. The number of hydrogen-bond acceptors (Lipinski definition) is 9. The molecule has 0 saturated carbocycles. The molecule has 0 radical (unpaired) electrons. The van der Waals surface area contributed by atoms with Gasteiger partial charge in [-0.15, -0.1) is 0 Å². The number of nitrogens with zero attached hydrogens (tertiary/aromatic N) is 1. The standard InChI is InChI=1S/C20H39N9O6S/c21-8-2-1-4-14(19(34)35)29-17(32)12(5-3-9-26-20(24)25)28-18(33)13(6-7-15(23)30)27-16(31)11(22)10-36/h11-14,36H,1-10,21-22H2,(H2,23,30)(H,27,31)(H,28,33)(H,29,32)(H,34,35)(H4,24,25,26). The highest BCUT2D eigenvalue weighted by molar-refractivity contribution is 7.80. The average Bonchev–Trinajstić information content (AvgIpc) is 2.81. The maximum Gasteiger partial charge on any atom is 0.326 e. The topological polar surface area (TPSA) is 284 Å². The predicted octanol–water partition coefficient (Wildman–Crippen LogP) is -3.77. The predicted molar refractivity (Wildman–Crippen MR) is 137 cm³/mol. The van der Waals surface area contributed by atoms with E-state index in [1.165, 1.54) is 0 Å². The lowest BCUT2D eigenvalue weighted by Crippen LogP contribution is -2.57. The number of carbonyl (C=O) groups excluding carboxylic acids is 4. The zero-order valence-electron chi connectivity index (χ0n) is 20.2. The van der Waals surface area contributed by atoms with Gasteiger partial charge in [0, 0.05) is 18.7 Å². The molecule has 36 heavy (non-hydrogen) atoms. The van der Waals surface area contributed by atoms with Gasteiger partial charge in [0.1, 0.15) is 18.1 Å². The van der Waals surface area contributed by atoms with Crippen LogP contribution in [-0.2, 0) is 24.0 Å². The van der Waals surface area contributed by atoms with Crippen LogP contribution in [0.3, 0.4) is 0 Å². The number of primary amides is 1. The second-order valence-corrected chi connectivity index (χ2v) is 8.41. The molecule has 0 spiro atoms. The van der Waals surface area contributed by atoms with Crippen molar-refractivity contribution in [2.24, 2.45) is 33.7 Å². The molecule has 4 amide bonds. The number of guanidine groups is 1. The van der Waals surface area contributed by atoms with Gasteiger partial charge in [-0.2, -0.15) is 12.6 Å². The van der Waals surface area contributed by atoms with Gasteiger partial charge in [-0.1, -0.05) is 0 Å². The molecule has 0 aromatic heterocycles. The van der Waals surface area contributed by atoms with E-state index in [4.69, 9.17) is 28.7 Å².